The van der Waals surface area contributed by atoms with Crippen molar-refractivity contribution in [2.75, 3.05) is 11.9 Å². The fraction of sp³-hybridized carbons (Fsp3) is 0.389. The molecule has 1 aromatic heterocycles. The van der Waals surface area contributed by atoms with Gasteiger partial charge in [0, 0.05) is 11.3 Å². The maximum absolute atomic E-state index is 12.2. The number of benzene rings is 1. The van der Waals surface area contributed by atoms with Crippen LogP contribution < -0.4 is 5.32 Å². The Morgan fingerprint density at radius 2 is 1.96 bits per heavy atom. The van der Waals surface area contributed by atoms with Gasteiger partial charge in [-0.3, -0.25) is 14.7 Å². The van der Waals surface area contributed by atoms with Gasteiger partial charge in [0.25, 0.3) is 5.91 Å². The fourth-order valence-electron chi connectivity index (χ4n) is 2.83. The minimum atomic E-state index is -0.503. The number of esters is 1. The average Bonchev–Trinajstić information content (AvgIpc) is 2.86. The van der Waals surface area contributed by atoms with Crippen molar-refractivity contribution in [1.82, 2.24) is 10.2 Å². The maximum Gasteiger partial charge on any atom is 0.313 e. The Hall–Kier alpha value is -2.34. The second-order valence-electron chi connectivity index (χ2n) is 6.16. The number of H-pyrrole nitrogens is 1. The van der Waals surface area contributed by atoms with Crippen LogP contribution in [0.5, 0.6) is 0 Å². The molecule has 0 saturated heterocycles. The third-order valence-corrected chi connectivity index (χ3v) is 4.31. The zero-order valence-electron chi connectivity index (χ0n) is 15.0. The van der Waals surface area contributed by atoms with Gasteiger partial charge in [-0.15, -0.1) is 0 Å². The Bertz CT molecular complexity index is 771. The molecule has 0 spiro atoms. The summed E-state index contributed by atoms with van der Waals surface area (Å²) < 4.78 is 5.14. The van der Waals surface area contributed by atoms with Crippen LogP contribution in [0.15, 0.2) is 12.1 Å². The topological polar surface area (TPSA) is 84.1 Å². The molecule has 1 aromatic carbocycles. The molecule has 1 heterocycles. The summed E-state index contributed by atoms with van der Waals surface area (Å²) in [5.41, 5.74) is 4.74. The van der Waals surface area contributed by atoms with Crippen LogP contribution in [0.25, 0.3) is 0 Å². The molecule has 0 aliphatic heterocycles. The van der Waals surface area contributed by atoms with Crippen molar-refractivity contribution >= 4 is 29.2 Å². The summed E-state index contributed by atoms with van der Waals surface area (Å²) in [5, 5.41) is 10.1. The number of aromatic amines is 1. The van der Waals surface area contributed by atoms with Gasteiger partial charge >= 0.3 is 5.97 Å². The van der Waals surface area contributed by atoms with Gasteiger partial charge in [0.2, 0.25) is 0 Å². The zero-order chi connectivity index (χ0) is 18.7. The van der Waals surface area contributed by atoms with Crippen molar-refractivity contribution in [3.05, 3.63) is 45.2 Å². The number of ether oxygens (including phenoxy) is 1. The van der Waals surface area contributed by atoms with Crippen LogP contribution >= 0.6 is 11.6 Å². The Balaban J connectivity index is 1.97. The lowest BCUT2D eigenvalue weighted by Gasteiger charge is -2.14. The number of halogens is 1. The normalized spacial score (nSPS) is 11.9. The fourth-order valence-corrected chi connectivity index (χ4v) is 3.20. The first-order valence-electron chi connectivity index (χ1n) is 7.95. The number of carbonyl (C=O) groups is 2. The number of amides is 1. The molecule has 6 nitrogen and oxygen atoms in total. The highest BCUT2D eigenvalue weighted by atomic mass is 35.5. The van der Waals surface area contributed by atoms with Crippen LogP contribution in [-0.4, -0.2) is 28.7 Å². The minimum Gasteiger partial charge on any atom is -0.455 e. The first-order chi connectivity index (χ1) is 11.7. The van der Waals surface area contributed by atoms with Gasteiger partial charge in [-0.05, 0) is 51.8 Å². The number of aryl methyl sites for hydroxylation is 4. The Morgan fingerprint density at radius 1 is 1.28 bits per heavy atom. The quantitative estimate of drug-likeness (QED) is 0.795. The summed E-state index contributed by atoms with van der Waals surface area (Å²) in [7, 11) is 0. The summed E-state index contributed by atoms with van der Waals surface area (Å²) in [5.74, 6) is -1.42. The molecule has 134 valence electrons. The molecule has 2 rings (SSSR count). The lowest BCUT2D eigenvalue weighted by molar-refractivity contribution is -0.148. The molecule has 0 saturated carbocycles. The van der Waals surface area contributed by atoms with Crippen molar-refractivity contribution in [1.29, 1.82) is 0 Å². The third kappa shape index (κ3) is 4.39. The van der Waals surface area contributed by atoms with Crippen molar-refractivity contribution in [3.8, 4) is 0 Å². The number of aromatic nitrogens is 2. The van der Waals surface area contributed by atoms with E-state index >= 15 is 0 Å². The van der Waals surface area contributed by atoms with E-state index in [1.807, 2.05) is 33.8 Å². The highest BCUT2D eigenvalue weighted by Gasteiger charge is 2.23. The van der Waals surface area contributed by atoms with Gasteiger partial charge in [-0.1, -0.05) is 17.7 Å². The van der Waals surface area contributed by atoms with Gasteiger partial charge in [0.1, 0.15) is 0 Å². The van der Waals surface area contributed by atoms with Crippen molar-refractivity contribution in [2.24, 2.45) is 0 Å². The summed E-state index contributed by atoms with van der Waals surface area (Å²) in [6.07, 6.45) is 0. The van der Waals surface area contributed by atoms with Crippen LogP contribution in [-0.2, 0) is 14.3 Å². The molecule has 25 heavy (non-hydrogen) atoms. The predicted molar refractivity (Wildman–Crippen MR) is 97.0 cm³/mol. The Labute approximate surface area is 151 Å². The molecule has 0 aliphatic carbocycles. The summed E-state index contributed by atoms with van der Waals surface area (Å²) >= 11 is 6.16. The van der Waals surface area contributed by atoms with E-state index in [0.29, 0.717) is 10.7 Å². The second kappa shape index (κ2) is 7.70. The van der Waals surface area contributed by atoms with Crippen molar-refractivity contribution in [2.45, 2.75) is 40.5 Å². The lowest BCUT2D eigenvalue weighted by atomic mass is 9.99. The van der Waals surface area contributed by atoms with E-state index in [1.54, 1.807) is 13.0 Å². The highest BCUT2D eigenvalue weighted by molar-refractivity contribution is 6.34. The first kappa shape index (κ1) is 19.0. The maximum atomic E-state index is 12.2. The first-order valence-corrected chi connectivity index (χ1v) is 8.33. The molecule has 1 atom stereocenters. The largest absolute Gasteiger partial charge is 0.455 e. The molecule has 0 unspecified atom stereocenters. The van der Waals surface area contributed by atoms with Crippen LogP contribution in [0.2, 0.25) is 5.02 Å². The molecule has 0 bridgehead atoms. The second-order valence-corrected chi connectivity index (χ2v) is 6.57. The molecule has 0 radical (unpaired) electrons. The molecule has 1 amide bonds. The van der Waals surface area contributed by atoms with E-state index in [0.717, 1.165) is 28.1 Å². The van der Waals surface area contributed by atoms with Gasteiger partial charge in [-0.2, -0.15) is 5.10 Å². The van der Waals surface area contributed by atoms with Gasteiger partial charge in [0.15, 0.2) is 6.61 Å². The number of rotatable bonds is 5. The Kier molecular flexibility index (Phi) is 5.85. The molecule has 7 heteroatoms. The molecular formula is C18H22ClN3O3. The van der Waals surface area contributed by atoms with Crippen LogP contribution in [0, 0.1) is 27.7 Å². The third-order valence-electron chi connectivity index (χ3n) is 4.01. The number of hydrogen-bond donors (Lipinski definition) is 2. The standard InChI is InChI=1S/C18H22ClN3O3/c1-9-6-10(2)17(14(19)7-9)20-15(23)8-25-18(24)11(3)16-12(4)21-22-13(16)5/h6-7,11H,8H2,1-5H3,(H,20,23)(H,21,22)/t11-/m0/s1. The number of hydrogen-bond acceptors (Lipinski definition) is 4. The molecule has 0 fully saturated rings. The smallest absolute Gasteiger partial charge is 0.313 e. The molecule has 0 aliphatic rings. The predicted octanol–water partition coefficient (Wildman–Crippen LogP) is 3.58. The van der Waals surface area contributed by atoms with Crippen LogP contribution in [0.1, 0.15) is 40.9 Å². The summed E-state index contributed by atoms with van der Waals surface area (Å²) in [6.45, 7) is 8.79. The van der Waals surface area contributed by atoms with E-state index in [4.69, 9.17) is 16.3 Å². The van der Waals surface area contributed by atoms with Gasteiger partial charge in [-0.25, -0.2) is 0 Å². The lowest BCUT2D eigenvalue weighted by Crippen LogP contribution is -2.24. The number of anilines is 1. The van der Waals surface area contributed by atoms with E-state index in [-0.39, 0.29) is 6.61 Å². The number of nitrogens with one attached hydrogen (secondary N) is 2. The summed E-state index contributed by atoms with van der Waals surface area (Å²) in [4.78, 5) is 24.3. The number of carbonyl (C=O) groups excluding carboxylic acids is 2. The van der Waals surface area contributed by atoms with E-state index in [1.165, 1.54) is 0 Å². The molecule has 2 N–H and O–H groups in total. The Morgan fingerprint density at radius 3 is 2.52 bits per heavy atom. The van der Waals surface area contributed by atoms with Crippen molar-refractivity contribution < 1.29 is 14.3 Å². The van der Waals surface area contributed by atoms with Gasteiger partial charge < -0.3 is 10.1 Å². The van der Waals surface area contributed by atoms with Crippen molar-refractivity contribution in [3.63, 3.8) is 0 Å². The van der Waals surface area contributed by atoms with Gasteiger partial charge in [0.05, 0.1) is 22.3 Å². The minimum absolute atomic E-state index is 0.372. The molecular weight excluding hydrogens is 342 g/mol. The SMILES string of the molecule is Cc1cc(C)c(NC(=O)COC(=O)[C@@H](C)c2c(C)n[nH]c2C)c(Cl)c1. The van der Waals surface area contributed by atoms with E-state index < -0.39 is 17.8 Å². The average molecular weight is 364 g/mol. The van der Waals surface area contributed by atoms with E-state index in [2.05, 4.69) is 15.5 Å². The number of nitrogens with zero attached hydrogens (tertiary/aromatic N) is 1. The zero-order valence-corrected chi connectivity index (χ0v) is 15.7. The molecule has 2 aromatic rings. The van der Waals surface area contributed by atoms with Crippen LogP contribution in [0.3, 0.4) is 0 Å². The monoisotopic (exact) mass is 363 g/mol. The highest BCUT2D eigenvalue weighted by Crippen LogP contribution is 2.27. The van der Waals surface area contributed by atoms with Crippen LogP contribution in [0.4, 0.5) is 5.69 Å². The summed E-state index contributed by atoms with van der Waals surface area (Å²) in [6, 6.07) is 3.68. The van der Waals surface area contributed by atoms with E-state index in [9.17, 15) is 9.59 Å².